The van der Waals surface area contributed by atoms with Crippen molar-refractivity contribution >= 4 is 17.6 Å². The van der Waals surface area contributed by atoms with Crippen LogP contribution in [-0.2, 0) is 11.3 Å². The van der Waals surface area contributed by atoms with Gasteiger partial charge in [-0.05, 0) is 22.4 Å². The van der Waals surface area contributed by atoms with Gasteiger partial charge in [0.25, 0.3) is 0 Å². The third-order valence-electron chi connectivity index (χ3n) is 3.31. The molecule has 0 bridgehead atoms. The molecule has 0 aliphatic carbocycles. The van der Waals surface area contributed by atoms with Crippen molar-refractivity contribution in [2.24, 2.45) is 5.18 Å². The van der Waals surface area contributed by atoms with Crippen LogP contribution in [0.2, 0.25) is 5.02 Å². The lowest BCUT2D eigenvalue weighted by molar-refractivity contribution is -0.136. The van der Waals surface area contributed by atoms with E-state index in [9.17, 15) is 9.70 Å². The van der Waals surface area contributed by atoms with Crippen molar-refractivity contribution in [1.29, 1.82) is 0 Å². The molecule has 5 nitrogen and oxygen atoms in total. The first-order valence-corrected chi connectivity index (χ1v) is 6.69. The van der Waals surface area contributed by atoms with Crippen LogP contribution in [0.4, 0.5) is 0 Å². The van der Waals surface area contributed by atoms with E-state index in [1.807, 2.05) is 24.3 Å². The minimum absolute atomic E-state index is 0.139. The fraction of sp³-hybridized carbons (Fsp3) is 0.357. The molecule has 1 aromatic rings. The second kappa shape index (κ2) is 6.63. The molecule has 0 spiro atoms. The van der Waals surface area contributed by atoms with E-state index in [4.69, 9.17) is 16.7 Å². The van der Waals surface area contributed by atoms with Crippen molar-refractivity contribution in [1.82, 2.24) is 4.90 Å². The van der Waals surface area contributed by atoms with Gasteiger partial charge in [0.2, 0.25) is 0 Å². The molecule has 0 fully saturated rings. The Morgan fingerprint density at radius 2 is 2.15 bits per heavy atom. The van der Waals surface area contributed by atoms with Crippen LogP contribution in [0.3, 0.4) is 0 Å². The number of hydrogen-bond acceptors (Lipinski definition) is 4. The minimum atomic E-state index is -0.944. The maximum Gasteiger partial charge on any atom is 0.307 e. The van der Waals surface area contributed by atoms with Crippen molar-refractivity contribution in [3.8, 4) is 0 Å². The van der Waals surface area contributed by atoms with Crippen LogP contribution >= 0.6 is 11.6 Å². The third-order valence-corrected chi connectivity index (χ3v) is 3.68. The summed E-state index contributed by atoms with van der Waals surface area (Å²) in [7, 11) is 0. The maximum absolute atomic E-state index is 10.8. The van der Waals surface area contributed by atoms with Crippen LogP contribution in [0.25, 0.3) is 0 Å². The Morgan fingerprint density at radius 3 is 2.80 bits per heavy atom. The summed E-state index contributed by atoms with van der Waals surface area (Å²) in [5, 5.41) is 12.5. The molecule has 1 N–H and O–H groups in total. The van der Waals surface area contributed by atoms with E-state index in [1.54, 1.807) is 0 Å². The van der Waals surface area contributed by atoms with Gasteiger partial charge in [0.1, 0.15) is 0 Å². The summed E-state index contributed by atoms with van der Waals surface area (Å²) in [5.74, 6) is -0.944. The number of nitroso groups, excluding NO2 is 1. The number of carboxylic acid groups (broad SMARTS) is 1. The number of carbonyl (C=O) groups is 1. The molecule has 0 amide bonds. The normalized spacial score (nSPS) is 16.2. The van der Waals surface area contributed by atoms with E-state index >= 15 is 0 Å². The molecule has 0 unspecified atom stereocenters. The largest absolute Gasteiger partial charge is 0.481 e. The number of rotatable bonds is 5. The molecule has 6 heteroatoms. The molecule has 0 atom stereocenters. The van der Waals surface area contributed by atoms with E-state index in [0.29, 0.717) is 42.3 Å². The summed E-state index contributed by atoms with van der Waals surface area (Å²) in [5.41, 5.74) is 1.96. The summed E-state index contributed by atoms with van der Waals surface area (Å²) in [6.45, 7) is 1.75. The molecule has 0 radical (unpaired) electrons. The smallest absolute Gasteiger partial charge is 0.307 e. The summed E-state index contributed by atoms with van der Waals surface area (Å²) >= 11 is 6.12. The highest BCUT2D eigenvalue weighted by molar-refractivity contribution is 6.31. The fourth-order valence-electron chi connectivity index (χ4n) is 2.33. The molecule has 1 aliphatic heterocycles. The van der Waals surface area contributed by atoms with E-state index in [1.165, 1.54) is 0 Å². The number of halogens is 1. The number of aliphatic carboxylic acids is 1. The Bertz CT molecular complexity index is 557. The molecule has 1 aliphatic rings. The van der Waals surface area contributed by atoms with Gasteiger partial charge in [-0.15, -0.1) is 4.91 Å². The highest BCUT2D eigenvalue weighted by Crippen LogP contribution is 2.24. The molecule has 0 saturated heterocycles. The predicted molar refractivity (Wildman–Crippen MR) is 76.4 cm³/mol. The molecular formula is C14H15ClN2O3. The molecule has 2 rings (SSSR count). The average Bonchev–Trinajstić information content (AvgIpc) is 2.41. The van der Waals surface area contributed by atoms with Crippen LogP contribution < -0.4 is 0 Å². The van der Waals surface area contributed by atoms with Crippen LogP contribution in [0.1, 0.15) is 18.4 Å². The van der Waals surface area contributed by atoms with Gasteiger partial charge in [-0.25, -0.2) is 0 Å². The van der Waals surface area contributed by atoms with Crippen LogP contribution in [0.15, 0.2) is 40.7 Å². The quantitative estimate of drug-likeness (QED) is 0.847. The van der Waals surface area contributed by atoms with Gasteiger partial charge in [0.05, 0.1) is 12.1 Å². The molecule has 106 valence electrons. The Morgan fingerprint density at radius 1 is 1.40 bits per heavy atom. The van der Waals surface area contributed by atoms with Gasteiger partial charge in [0, 0.05) is 31.1 Å². The molecular weight excluding hydrogens is 280 g/mol. The van der Waals surface area contributed by atoms with Crippen molar-refractivity contribution in [2.45, 2.75) is 19.4 Å². The van der Waals surface area contributed by atoms with E-state index in [-0.39, 0.29) is 6.42 Å². The molecule has 1 aromatic carbocycles. The standard InChI is InChI=1S/C14H15ClN2O3/c15-12-4-2-1-3-10(12)8-17-6-5-13(16-20)11(9-17)7-14(18)19/h1-4H,5-9H2,(H,18,19). The summed E-state index contributed by atoms with van der Waals surface area (Å²) in [6, 6.07) is 7.55. The second-order valence-corrected chi connectivity index (χ2v) is 5.17. The van der Waals surface area contributed by atoms with Gasteiger partial charge in [-0.2, -0.15) is 0 Å². The SMILES string of the molecule is O=NC1=C(CC(=O)O)CN(Cc2ccccc2Cl)CC1. The van der Waals surface area contributed by atoms with Crippen molar-refractivity contribution in [3.05, 3.63) is 51.0 Å². The van der Waals surface area contributed by atoms with Crippen molar-refractivity contribution in [3.63, 3.8) is 0 Å². The maximum atomic E-state index is 10.8. The topological polar surface area (TPSA) is 70.0 Å². The predicted octanol–water partition coefficient (Wildman–Crippen LogP) is 3.04. The number of hydrogen-bond donors (Lipinski definition) is 1. The van der Waals surface area contributed by atoms with Crippen LogP contribution in [0.5, 0.6) is 0 Å². The van der Waals surface area contributed by atoms with Gasteiger partial charge >= 0.3 is 5.97 Å². The Labute approximate surface area is 121 Å². The molecule has 20 heavy (non-hydrogen) atoms. The number of benzene rings is 1. The average molecular weight is 295 g/mol. The third kappa shape index (κ3) is 3.65. The van der Waals surface area contributed by atoms with Crippen molar-refractivity contribution in [2.75, 3.05) is 13.1 Å². The lowest BCUT2D eigenvalue weighted by atomic mass is 10.0. The monoisotopic (exact) mass is 294 g/mol. The number of carboxylic acids is 1. The van der Waals surface area contributed by atoms with E-state index in [2.05, 4.69) is 10.1 Å². The van der Waals surface area contributed by atoms with Crippen LogP contribution in [0, 0.1) is 4.91 Å². The summed E-state index contributed by atoms with van der Waals surface area (Å²) in [4.78, 5) is 23.6. The van der Waals surface area contributed by atoms with Gasteiger partial charge < -0.3 is 5.11 Å². The number of nitrogens with zero attached hydrogens (tertiary/aromatic N) is 2. The highest BCUT2D eigenvalue weighted by Gasteiger charge is 2.22. The van der Waals surface area contributed by atoms with Gasteiger partial charge in [-0.1, -0.05) is 29.8 Å². The van der Waals surface area contributed by atoms with E-state index in [0.717, 1.165) is 5.56 Å². The summed E-state index contributed by atoms with van der Waals surface area (Å²) in [6.07, 6.45) is 0.344. The summed E-state index contributed by atoms with van der Waals surface area (Å²) < 4.78 is 0. The fourth-order valence-corrected chi connectivity index (χ4v) is 2.53. The van der Waals surface area contributed by atoms with E-state index < -0.39 is 5.97 Å². The lowest BCUT2D eigenvalue weighted by Gasteiger charge is -2.28. The first-order valence-electron chi connectivity index (χ1n) is 6.32. The lowest BCUT2D eigenvalue weighted by Crippen LogP contribution is -2.31. The first kappa shape index (κ1) is 14.7. The Kier molecular flexibility index (Phi) is 4.87. The van der Waals surface area contributed by atoms with Gasteiger partial charge in [-0.3, -0.25) is 9.69 Å². The molecule has 0 saturated carbocycles. The zero-order valence-electron chi connectivity index (χ0n) is 10.9. The minimum Gasteiger partial charge on any atom is -0.481 e. The molecule has 1 heterocycles. The Balaban J connectivity index is 2.10. The second-order valence-electron chi connectivity index (χ2n) is 4.76. The van der Waals surface area contributed by atoms with Crippen LogP contribution in [-0.4, -0.2) is 29.1 Å². The first-order chi connectivity index (χ1) is 9.60. The van der Waals surface area contributed by atoms with Crippen molar-refractivity contribution < 1.29 is 9.90 Å². The Hall–Kier alpha value is -1.72. The highest BCUT2D eigenvalue weighted by atomic mass is 35.5. The zero-order valence-corrected chi connectivity index (χ0v) is 11.6. The zero-order chi connectivity index (χ0) is 14.5. The molecule has 0 aromatic heterocycles. The van der Waals surface area contributed by atoms with Gasteiger partial charge in [0.15, 0.2) is 0 Å².